The second-order valence-corrected chi connectivity index (χ2v) is 7.01. The molecule has 0 amide bonds. The number of nitrogens with one attached hydrogen (secondary N) is 1. The number of nitrogens with zero attached hydrogens (tertiary/aromatic N) is 1. The summed E-state index contributed by atoms with van der Waals surface area (Å²) in [5.74, 6) is 0. The molecule has 0 saturated heterocycles. The van der Waals surface area contributed by atoms with E-state index in [0.29, 0.717) is 4.77 Å². The van der Waals surface area contributed by atoms with Crippen molar-refractivity contribution >= 4 is 33.8 Å². The zero-order valence-electron chi connectivity index (χ0n) is 12.0. The lowest BCUT2D eigenvalue weighted by molar-refractivity contribution is 0.429. The summed E-state index contributed by atoms with van der Waals surface area (Å²) in [5, 5.41) is 0.908. The number of rotatable bonds is 4. The molecule has 0 radical (unpaired) electrons. The molecule has 1 aliphatic rings. The van der Waals surface area contributed by atoms with Gasteiger partial charge in [-0.3, -0.25) is 9.36 Å². The third-order valence-electron chi connectivity index (χ3n) is 4.25. The van der Waals surface area contributed by atoms with E-state index >= 15 is 0 Å². The van der Waals surface area contributed by atoms with Gasteiger partial charge in [0.05, 0.1) is 5.39 Å². The predicted molar refractivity (Wildman–Crippen MR) is 87.5 cm³/mol. The van der Waals surface area contributed by atoms with Crippen molar-refractivity contribution in [1.82, 2.24) is 9.55 Å². The minimum Gasteiger partial charge on any atom is -0.323 e. The van der Waals surface area contributed by atoms with Crippen molar-refractivity contribution in [3.63, 3.8) is 0 Å². The number of aryl methyl sites for hydroxylation is 2. The second-order valence-electron chi connectivity index (χ2n) is 5.52. The van der Waals surface area contributed by atoms with Crippen molar-refractivity contribution in [2.75, 3.05) is 0 Å². The van der Waals surface area contributed by atoms with Crippen molar-refractivity contribution in [2.45, 2.75) is 58.4 Å². The zero-order valence-corrected chi connectivity index (χ0v) is 13.6. The third-order valence-corrected chi connectivity index (χ3v) is 5.76. The molecule has 1 aliphatic carbocycles. The fraction of sp³-hybridized carbons (Fsp3) is 0.600. The molecule has 20 heavy (non-hydrogen) atoms. The number of aromatic nitrogens is 2. The van der Waals surface area contributed by atoms with Crippen molar-refractivity contribution in [3.05, 3.63) is 25.6 Å². The van der Waals surface area contributed by atoms with E-state index in [-0.39, 0.29) is 11.6 Å². The Morgan fingerprint density at radius 2 is 2.20 bits per heavy atom. The van der Waals surface area contributed by atoms with Gasteiger partial charge in [0.15, 0.2) is 4.77 Å². The van der Waals surface area contributed by atoms with Gasteiger partial charge in [-0.2, -0.15) is 0 Å². The van der Waals surface area contributed by atoms with E-state index in [2.05, 4.69) is 18.8 Å². The van der Waals surface area contributed by atoms with Crippen LogP contribution in [0, 0.1) is 4.77 Å². The van der Waals surface area contributed by atoms with Crippen LogP contribution < -0.4 is 5.56 Å². The first kappa shape index (κ1) is 14.0. The van der Waals surface area contributed by atoms with Crippen LogP contribution in [0.5, 0.6) is 0 Å². The molecular formula is C15H20N2OS2. The lowest BCUT2D eigenvalue weighted by Crippen LogP contribution is -2.26. The third kappa shape index (κ3) is 2.07. The minimum absolute atomic E-state index is 0.128. The standard InChI is InChI=1S/C15H20N2OS2/c1-3-6-9(4-2)17-14(18)12-10-7-5-8-11(10)20-13(12)16-15(17)19/h9H,3-8H2,1-2H3,(H,16,19). The second kappa shape index (κ2) is 5.45. The topological polar surface area (TPSA) is 37.8 Å². The van der Waals surface area contributed by atoms with Gasteiger partial charge in [0.25, 0.3) is 5.56 Å². The number of thiophene rings is 1. The Bertz CT molecular complexity index is 754. The number of hydrogen-bond acceptors (Lipinski definition) is 3. The lowest BCUT2D eigenvalue weighted by atomic mass is 10.1. The molecule has 0 aromatic carbocycles. The highest BCUT2D eigenvalue weighted by atomic mass is 32.1. The minimum atomic E-state index is 0.128. The van der Waals surface area contributed by atoms with Crippen molar-refractivity contribution < 1.29 is 0 Å². The summed E-state index contributed by atoms with van der Waals surface area (Å²) in [4.78, 5) is 18.6. The number of hydrogen-bond donors (Lipinski definition) is 1. The van der Waals surface area contributed by atoms with E-state index in [4.69, 9.17) is 12.2 Å². The Kier molecular flexibility index (Phi) is 3.82. The van der Waals surface area contributed by atoms with E-state index in [9.17, 15) is 4.79 Å². The van der Waals surface area contributed by atoms with Gasteiger partial charge in [-0.25, -0.2) is 0 Å². The van der Waals surface area contributed by atoms with Gasteiger partial charge in [-0.05, 0) is 49.9 Å². The normalized spacial score (nSPS) is 15.7. The van der Waals surface area contributed by atoms with Crippen LogP contribution >= 0.6 is 23.6 Å². The summed E-state index contributed by atoms with van der Waals surface area (Å²) < 4.78 is 2.41. The monoisotopic (exact) mass is 308 g/mol. The van der Waals surface area contributed by atoms with Gasteiger partial charge in [0.2, 0.25) is 0 Å². The van der Waals surface area contributed by atoms with Gasteiger partial charge in [-0.15, -0.1) is 11.3 Å². The smallest absolute Gasteiger partial charge is 0.263 e. The van der Waals surface area contributed by atoms with Crippen LogP contribution in [-0.2, 0) is 12.8 Å². The Hall–Kier alpha value is -0.940. The summed E-state index contributed by atoms with van der Waals surface area (Å²) in [6, 6.07) is 0.220. The molecule has 0 aliphatic heterocycles. The van der Waals surface area contributed by atoms with Gasteiger partial charge in [-0.1, -0.05) is 20.3 Å². The lowest BCUT2D eigenvalue weighted by Gasteiger charge is -2.17. The summed E-state index contributed by atoms with van der Waals surface area (Å²) in [6.07, 6.45) is 6.35. The number of H-pyrrole nitrogens is 1. The molecule has 1 N–H and O–H groups in total. The SMILES string of the molecule is CCCC(CC)n1c(=S)[nH]c2sc3c(c2c1=O)CCC3. The Morgan fingerprint density at radius 3 is 2.90 bits per heavy atom. The summed E-state index contributed by atoms with van der Waals surface area (Å²) in [6.45, 7) is 4.28. The van der Waals surface area contributed by atoms with Crippen molar-refractivity contribution in [2.24, 2.45) is 0 Å². The molecule has 3 rings (SSSR count). The van der Waals surface area contributed by atoms with E-state index in [1.807, 2.05) is 4.57 Å². The number of fused-ring (bicyclic) bond motifs is 3. The summed E-state index contributed by atoms with van der Waals surface area (Å²) in [7, 11) is 0. The van der Waals surface area contributed by atoms with Crippen LogP contribution in [0.15, 0.2) is 4.79 Å². The maximum atomic E-state index is 12.9. The van der Waals surface area contributed by atoms with E-state index in [1.54, 1.807) is 11.3 Å². The van der Waals surface area contributed by atoms with Gasteiger partial charge in [0.1, 0.15) is 4.83 Å². The highest BCUT2D eigenvalue weighted by Crippen LogP contribution is 2.34. The Morgan fingerprint density at radius 1 is 1.40 bits per heavy atom. The van der Waals surface area contributed by atoms with Crippen LogP contribution in [0.4, 0.5) is 0 Å². The Balaban J connectivity index is 2.28. The molecular weight excluding hydrogens is 288 g/mol. The Labute approximate surface area is 127 Å². The molecule has 2 heterocycles. The molecule has 0 fully saturated rings. The fourth-order valence-corrected chi connectivity index (χ4v) is 4.95. The molecule has 3 nitrogen and oxygen atoms in total. The predicted octanol–water partition coefficient (Wildman–Crippen LogP) is 4.36. The van der Waals surface area contributed by atoms with Crippen LogP contribution in [0.25, 0.3) is 10.2 Å². The molecule has 0 bridgehead atoms. The highest BCUT2D eigenvalue weighted by Gasteiger charge is 2.23. The average molecular weight is 308 g/mol. The van der Waals surface area contributed by atoms with Crippen LogP contribution in [0.2, 0.25) is 0 Å². The van der Waals surface area contributed by atoms with Crippen molar-refractivity contribution in [3.8, 4) is 0 Å². The van der Waals surface area contributed by atoms with Gasteiger partial charge in [0, 0.05) is 10.9 Å². The van der Waals surface area contributed by atoms with Crippen molar-refractivity contribution in [1.29, 1.82) is 0 Å². The molecule has 108 valence electrons. The highest BCUT2D eigenvalue weighted by molar-refractivity contribution is 7.71. The maximum Gasteiger partial charge on any atom is 0.263 e. The largest absolute Gasteiger partial charge is 0.323 e. The molecule has 1 atom stereocenters. The van der Waals surface area contributed by atoms with Crippen LogP contribution in [-0.4, -0.2) is 9.55 Å². The fourth-order valence-electron chi connectivity index (χ4n) is 3.27. The van der Waals surface area contributed by atoms with E-state index < -0.39 is 0 Å². The molecule has 0 saturated carbocycles. The maximum absolute atomic E-state index is 12.9. The summed E-state index contributed by atoms with van der Waals surface area (Å²) in [5.41, 5.74) is 1.41. The first-order chi connectivity index (χ1) is 9.67. The van der Waals surface area contributed by atoms with Gasteiger partial charge < -0.3 is 4.98 Å². The summed E-state index contributed by atoms with van der Waals surface area (Å²) >= 11 is 7.17. The first-order valence-electron chi connectivity index (χ1n) is 7.46. The van der Waals surface area contributed by atoms with E-state index in [1.165, 1.54) is 16.9 Å². The molecule has 2 aromatic heterocycles. The van der Waals surface area contributed by atoms with Crippen LogP contribution in [0.3, 0.4) is 0 Å². The molecule has 2 aromatic rings. The quantitative estimate of drug-likeness (QED) is 0.852. The molecule has 1 unspecified atom stereocenters. The zero-order chi connectivity index (χ0) is 14.3. The first-order valence-corrected chi connectivity index (χ1v) is 8.68. The molecule has 5 heteroatoms. The van der Waals surface area contributed by atoms with Gasteiger partial charge >= 0.3 is 0 Å². The number of aromatic amines is 1. The van der Waals surface area contributed by atoms with Crippen LogP contribution in [0.1, 0.15) is 56.0 Å². The molecule has 0 spiro atoms. The average Bonchev–Trinajstić information content (AvgIpc) is 2.97. The van der Waals surface area contributed by atoms with E-state index in [0.717, 1.165) is 42.3 Å².